The molecule has 0 spiro atoms. The maximum atomic E-state index is 5.89. The highest BCUT2D eigenvalue weighted by molar-refractivity contribution is 5.44. The van der Waals surface area contributed by atoms with Gasteiger partial charge in [-0.25, -0.2) is 0 Å². The van der Waals surface area contributed by atoms with E-state index in [0.29, 0.717) is 11.9 Å². The van der Waals surface area contributed by atoms with E-state index in [1.165, 1.54) is 12.8 Å². The van der Waals surface area contributed by atoms with E-state index in [2.05, 4.69) is 50.7 Å². The van der Waals surface area contributed by atoms with Crippen molar-refractivity contribution in [3.63, 3.8) is 0 Å². The molecule has 118 valence electrons. The fourth-order valence-electron chi connectivity index (χ4n) is 2.47. The molecule has 1 aromatic heterocycles. The number of hydrogen-bond acceptors (Lipinski definition) is 7. The van der Waals surface area contributed by atoms with E-state index >= 15 is 0 Å². The van der Waals surface area contributed by atoms with Crippen LogP contribution in [0.3, 0.4) is 0 Å². The molecule has 2 N–H and O–H groups in total. The first kappa shape index (κ1) is 15.8. The van der Waals surface area contributed by atoms with Crippen LogP contribution in [0.5, 0.6) is 0 Å². The lowest BCUT2D eigenvalue weighted by atomic mass is 10.4. The molecule has 2 rings (SSSR count). The smallest absolute Gasteiger partial charge is 0.231 e. The molecule has 1 aliphatic heterocycles. The van der Waals surface area contributed by atoms with Crippen molar-refractivity contribution in [3.05, 3.63) is 0 Å². The van der Waals surface area contributed by atoms with Crippen molar-refractivity contribution in [2.45, 2.75) is 26.2 Å². The summed E-state index contributed by atoms with van der Waals surface area (Å²) in [4.78, 5) is 19.8. The highest BCUT2D eigenvalue weighted by atomic mass is 15.4. The number of nitrogens with zero attached hydrogens (tertiary/aromatic N) is 6. The van der Waals surface area contributed by atoms with Crippen molar-refractivity contribution < 1.29 is 0 Å². The normalized spacial score (nSPS) is 15.0. The Morgan fingerprint density at radius 2 is 1.76 bits per heavy atom. The van der Waals surface area contributed by atoms with Gasteiger partial charge in [0.1, 0.15) is 0 Å². The number of hydrogen-bond donors (Lipinski definition) is 1. The van der Waals surface area contributed by atoms with E-state index in [-0.39, 0.29) is 0 Å². The van der Waals surface area contributed by atoms with Gasteiger partial charge in [0, 0.05) is 32.7 Å². The molecule has 1 aromatic rings. The molecule has 0 bridgehead atoms. The summed E-state index contributed by atoms with van der Waals surface area (Å²) < 4.78 is 0. The molecule has 1 saturated heterocycles. The maximum absolute atomic E-state index is 5.89. The second-order valence-electron chi connectivity index (χ2n) is 5.78. The van der Waals surface area contributed by atoms with Crippen LogP contribution in [-0.2, 0) is 0 Å². The van der Waals surface area contributed by atoms with Gasteiger partial charge in [-0.05, 0) is 33.4 Å². The molecule has 0 atom stereocenters. The summed E-state index contributed by atoms with van der Waals surface area (Å²) in [6.45, 7) is 6.96. The zero-order valence-electron chi connectivity index (χ0n) is 13.4. The van der Waals surface area contributed by atoms with Crippen LogP contribution in [0.4, 0.5) is 17.8 Å². The lowest BCUT2D eigenvalue weighted by molar-refractivity contribution is 0.411. The average molecular weight is 293 g/mol. The first-order chi connectivity index (χ1) is 10.1. The molecule has 0 radical (unpaired) electrons. The number of aromatic nitrogens is 3. The minimum Gasteiger partial charge on any atom is -0.368 e. The molecule has 0 unspecified atom stereocenters. The van der Waals surface area contributed by atoms with E-state index in [9.17, 15) is 0 Å². The molecule has 0 saturated carbocycles. The predicted molar refractivity (Wildman–Crippen MR) is 86.7 cm³/mol. The first-order valence-electron chi connectivity index (χ1n) is 7.76. The van der Waals surface area contributed by atoms with Gasteiger partial charge in [-0.3, -0.25) is 0 Å². The number of anilines is 3. The van der Waals surface area contributed by atoms with Crippen molar-refractivity contribution in [2.75, 3.05) is 62.4 Å². The zero-order valence-corrected chi connectivity index (χ0v) is 13.4. The first-order valence-corrected chi connectivity index (χ1v) is 7.76. The van der Waals surface area contributed by atoms with Crippen molar-refractivity contribution in [2.24, 2.45) is 0 Å². The van der Waals surface area contributed by atoms with Gasteiger partial charge < -0.3 is 20.4 Å². The zero-order chi connectivity index (χ0) is 15.2. The summed E-state index contributed by atoms with van der Waals surface area (Å²) in [6.07, 6.45) is 3.44. The van der Waals surface area contributed by atoms with Crippen LogP contribution in [0.15, 0.2) is 0 Å². The number of rotatable bonds is 7. The van der Waals surface area contributed by atoms with Crippen molar-refractivity contribution in [3.8, 4) is 0 Å². The van der Waals surface area contributed by atoms with Gasteiger partial charge in [0.05, 0.1) is 0 Å². The Balaban J connectivity index is 2.18. The number of likely N-dealkylation sites (N-methyl/N-ethyl adjacent to an activating group) is 1. The monoisotopic (exact) mass is 293 g/mol. The molecule has 1 fully saturated rings. The molecule has 7 nitrogen and oxygen atoms in total. The van der Waals surface area contributed by atoms with Gasteiger partial charge in [-0.2, -0.15) is 15.0 Å². The summed E-state index contributed by atoms with van der Waals surface area (Å²) in [5, 5.41) is 0. The van der Waals surface area contributed by atoms with Crippen LogP contribution < -0.4 is 15.5 Å². The molecule has 1 aliphatic rings. The van der Waals surface area contributed by atoms with Gasteiger partial charge in [-0.1, -0.05) is 6.92 Å². The quantitative estimate of drug-likeness (QED) is 0.798. The molecule has 2 heterocycles. The van der Waals surface area contributed by atoms with Gasteiger partial charge in [0.2, 0.25) is 17.8 Å². The molecule has 21 heavy (non-hydrogen) atoms. The van der Waals surface area contributed by atoms with Crippen LogP contribution >= 0.6 is 0 Å². The Hall–Kier alpha value is -1.63. The summed E-state index contributed by atoms with van der Waals surface area (Å²) in [5.74, 6) is 1.74. The van der Waals surface area contributed by atoms with Crippen LogP contribution in [0.1, 0.15) is 26.2 Å². The highest BCUT2D eigenvalue weighted by Gasteiger charge is 2.18. The Morgan fingerprint density at radius 3 is 2.38 bits per heavy atom. The predicted octanol–water partition coefficient (Wildman–Crippen LogP) is 0.832. The average Bonchev–Trinajstić information content (AvgIpc) is 2.96. The molecular formula is C14H27N7. The summed E-state index contributed by atoms with van der Waals surface area (Å²) in [6, 6.07) is 0. The molecule has 0 amide bonds. The summed E-state index contributed by atoms with van der Waals surface area (Å²) in [5.41, 5.74) is 5.89. The largest absolute Gasteiger partial charge is 0.368 e. The van der Waals surface area contributed by atoms with E-state index in [0.717, 1.165) is 45.1 Å². The lowest BCUT2D eigenvalue weighted by Gasteiger charge is -2.25. The Labute approximate surface area is 127 Å². The third kappa shape index (κ3) is 4.42. The van der Waals surface area contributed by atoms with Crippen LogP contribution in [0.25, 0.3) is 0 Å². The Morgan fingerprint density at radius 1 is 1.05 bits per heavy atom. The summed E-state index contributed by atoms with van der Waals surface area (Å²) in [7, 11) is 4.14. The molecule has 7 heteroatoms. The van der Waals surface area contributed by atoms with Gasteiger partial charge in [-0.15, -0.1) is 0 Å². The van der Waals surface area contributed by atoms with E-state index < -0.39 is 0 Å². The summed E-state index contributed by atoms with van der Waals surface area (Å²) >= 11 is 0. The second-order valence-corrected chi connectivity index (χ2v) is 5.78. The third-order valence-corrected chi connectivity index (χ3v) is 3.61. The minimum absolute atomic E-state index is 0.313. The van der Waals surface area contributed by atoms with E-state index in [4.69, 9.17) is 5.73 Å². The maximum Gasteiger partial charge on any atom is 0.231 e. The fraction of sp³-hybridized carbons (Fsp3) is 0.786. The third-order valence-electron chi connectivity index (χ3n) is 3.61. The van der Waals surface area contributed by atoms with Gasteiger partial charge in [0.25, 0.3) is 0 Å². The van der Waals surface area contributed by atoms with Crippen molar-refractivity contribution in [1.82, 2.24) is 19.9 Å². The Kier molecular flexibility index (Phi) is 5.55. The van der Waals surface area contributed by atoms with Crippen LogP contribution in [0, 0.1) is 0 Å². The second kappa shape index (κ2) is 7.40. The standard InChI is InChI=1S/C14H27N7/c1-4-7-20(11-10-19(2)3)13-16-12(15)17-14(18-13)21-8-5-6-9-21/h4-11H2,1-3H3,(H2,15,16,17,18). The van der Waals surface area contributed by atoms with Gasteiger partial charge in [0.15, 0.2) is 0 Å². The Bertz CT molecular complexity index is 443. The van der Waals surface area contributed by atoms with Crippen LogP contribution in [0.2, 0.25) is 0 Å². The van der Waals surface area contributed by atoms with Crippen molar-refractivity contribution >= 4 is 17.8 Å². The lowest BCUT2D eigenvalue weighted by Crippen LogP contribution is -2.34. The molecule has 0 aliphatic carbocycles. The number of nitrogens with two attached hydrogens (primary N) is 1. The van der Waals surface area contributed by atoms with E-state index in [1.54, 1.807) is 0 Å². The molecule has 0 aromatic carbocycles. The highest BCUT2D eigenvalue weighted by Crippen LogP contribution is 2.19. The topological polar surface area (TPSA) is 74.4 Å². The van der Waals surface area contributed by atoms with Crippen LogP contribution in [-0.4, -0.2) is 66.7 Å². The molecular weight excluding hydrogens is 266 g/mol. The van der Waals surface area contributed by atoms with E-state index in [1.807, 2.05) is 0 Å². The van der Waals surface area contributed by atoms with Crippen molar-refractivity contribution in [1.29, 1.82) is 0 Å². The number of nitrogen functional groups attached to an aromatic ring is 1. The SMILES string of the molecule is CCCN(CCN(C)C)c1nc(N)nc(N2CCCC2)n1. The van der Waals surface area contributed by atoms with Gasteiger partial charge >= 0.3 is 0 Å². The minimum atomic E-state index is 0.313. The fourth-order valence-corrected chi connectivity index (χ4v) is 2.47.